The Labute approximate surface area is 144 Å². The molecule has 0 aliphatic rings. The molecule has 1 aromatic heterocycles. The number of methoxy groups -OCH3 is 1. The van der Waals surface area contributed by atoms with Crippen molar-refractivity contribution in [1.29, 1.82) is 0 Å². The molecule has 1 aromatic carbocycles. The number of rotatable bonds is 8. The second-order valence-electron chi connectivity index (χ2n) is 6.28. The van der Waals surface area contributed by atoms with Crippen LogP contribution < -0.4 is 5.32 Å². The van der Waals surface area contributed by atoms with E-state index in [2.05, 4.69) is 36.4 Å². The van der Waals surface area contributed by atoms with Crippen LogP contribution in [-0.2, 0) is 11.3 Å². The summed E-state index contributed by atoms with van der Waals surface area (Å²) >= 11 is 0. The number of nitrogens with one attached hydrogen (secondary N) is 1. The Bertz CT molecular complexity index is 650. The highest BCUT2D eigenvalue weighted by molar-refractivity contribution is 5.95. The van der Waals surface area contributed by atoms with Gasteiger partial charge in [-0.05, 0) is 17.9 Å². The van der Waals surface area contributed by atoms with E-state index in [4.69, 9.17) is 4.74 Å². The van der Waals surface area contributed by atoms with Crippen molar-refractivity contribution in [2.75, 3.05) is 13.7 Å². The molecule has 0 radical (unpaired) electrons. The van der Waals surface area contributed by atoms with Gasteiger partial charge >= 0.3 is 0 Å². The Morgan fingerprint density at radius 2 is 2.00 bits per heavy atom. The van der Waals surface area contributed by atoms with Crippen molar-refractivity contribution in [1.82, 2.24) is 15.1 Å². The Kier molecular flexibility index (Phi) is 6.55. The van der Waals surface area contributed by atoms with Crippen LogP contribution in [0.4, 0.5) is 0 Å². The molecule has 0 aliphatic carbocycles. The van der Waals surface area contributed by atoms with Gasteiger partial charge in [0.1, 0.15) is 0 Å². The summed E-state index contributed by atoms with van der Waals surface area (Å²) in [6.45, 7) is 7.38. The second-order valence-corrected chi connectivity index (χ2v) is 6.28. The van der Waals surface area contributed by atoms with Crippen LogP contribution in [-0.4, -0.2) is 35.4 Å². The molecule has 130 valence electrons. The van der Waals surface area contributed by atoms with Gasteiger partial charge in [0.25, 0.3) is 5.91 Å². The summed E-state index contributed by atoms with van der Waals surface area (Å²) in [6.07, 6.45) is 2.50. The van der Waals surface area contributed by atoms with Crippen LogP contribution in [0.2, 0.25) is 0 Å². The molecule has 2 rings (SSSR count). The van der Waals surface area contributed by atoms with Gasteiger partial charge in [-0.2, -0.15) is 5.10 Å². The van der Waals surface area contributed by atoms with Crippen LogP contribution >= 0.6 is 0 Å². The first-order valence-electron chi connectivity index (χ1n) is 8.46. The zero-order valence-corrected chi connectivity index (χ0v) is 15.0. The Balaban J connectivity index is 2.23. The molecule has 1 unspecified atom stereocenters. The quantitative estimate of drug-likeness (QED) is 0.809. The summed E-state index contributed by atoms with van der Waals surface area (Å²) in [5.41, 5.74) is 2.78. The zero-order chi connectivity index (χ0) is 17.5. The van der Waals surface area contributed by atoms with E-state index in [0.717, 1.165) is 12.1 Å². The maximum Gasteiger partial charge on any atom is 0.255 e. The molecule has 1 atom stereocenters. The third-order valence-corrected chi connectivity index (χ3v) is 4.04. The number of hydrogen-bond donors (Lipinski definition) is 1. The molecule has 24 heavy (non-hydrogen) atoms. The van der Waals surface area contributed by atoms with Crippen LogP contribution in [0, 0.1) is 0 Å². The van der Waals surface area contributed by atoms with Gasteiger partial charge in [0, 0.05) is 7.11 Å². The lowest BCUT2D eigenvalue weighted by Crippen LogP contribution is -2.37. The van der Waals surface area contributed by atoms with Gasteiger partial charge in [-0.1, -0.05) is 51.1 Å². The molecule has 0 bridgehead atoms. The molecule has 5 nitrogen and oxygen atoms in total. The first-order chi connectivity index (χ1) is 11.6. The molecular weight excluding hydrogens is 302 g/mol. The van der Waals surface area contributed by atoms with E-state index in [1.165, 1.54) is 5.56 Å². The number of amides is 1. The number of nitrogens with zero attached hydrogens (tertiary/aromatic N) is 2. The monoisotopic (exact) mass is 329 g/mol. The highest BCUT2D eigenvalue weighted by Gasteiger charge is 2.21. The fourth-order valence-corrected chi connectivity index (χ4v) is 2.79. The molecule has 5 heteroatoms. The van der Waals surface area contributed by atoms with Crippen LogP contribution in [0.25, 0.3) is 0 Å². The van der Waals surface area contributed by atoms with Gasteiger partial charge in [0.15, 0.2) is 0 Å². The third-order valence-electron chi connectivity index (χ3n) is 4.04. The lowest BCUT2D eigenvalue weighted by Gasteiger charge is -2.17. The number of hydrogen-bond acceptors (Lipinski definition) is 3. The van der Waals surface area contributed by atoms with Gasteiger partial charge in [0.05, 0.1) is 36.6 Å². The number of benzene rings is 1. The number of carbonyl (C=O) groups is 1. The maximum atomic E-state index is 12.7. The molecule has 0 fully saturated rings. The molecule has 1 amide bonds. The molecule has 0 saturated heterocycles. The summed E-state index contributed by atoms with van der Waals surface area (Å²) < 4.78 is 7.08. The van der Waals surface area contributed by atoms with Crippen molar-refractivity contribution in [2.24, 2.45) is 0 Å². The topological polar surface area (TPSA) is 56.1 Å². The van der Waals surface area contributed by atoms with Crippen molar-refractivity contribution in [3.63, 3.8) is 0 Å². The average Bonchev–Trinajstić information content (AvgIpc) is 2.99. The van der Waals surface area contributed by atoms with Gasteiger partial charge in [-0.25, -0.2) is 0 Å². The van der Waals surface area contributed by atoms with Crippen molar-refractivity contribution >= 4 is 5.91 Å². The highest BCUT2D eigenvalue weighted by Crippen LogP contribution is 2.21. The summed E-state index contributed by atoms with van der Waals surface area (Å²) in [5.74, 6) is 0.126. The van der Waals surface area contributed by atoms with E-state index in [9.17, 15) is 4.79 Å². The highest BCUT2D eigenvalue weighted by atomic mass is 16.5. The molecule has 1 N–H and O–H groups in total. The summed E-state index contributed by atoms with van der Waals surface area (Å²) in [7, 11) is 1.65. The van der Waals surface area contributed by atoms with Crippen LogP contribution in [0.5, 0.6) is 0 Å². The van der Waals surface area contributed by atoms with Gasteiger partial charge in [-0.15, -0.1) is 0 Å². The SMILES string of the molecule is CCC(COC)NC(=O)c1cnn(Cc2ccccc2)c1C(C)C. The Hall–Kier alpha value is -2.14. The molecule has 0 aliphatic heterocycles. The number of ether oxygens (including phenoxy) is 1. The van der Waals surface area contributed by atoms with Crippen LogP contribution in [0.15, 0.2) is 36.5 Å². The van der Waals surface area contributed by atoms with Gasteiger partial charge in [0.2, 0.25) is 0 Å². The average molecular weight is 329 g/mol. The molecular formula is C19H27N3O2. The third kappa shape index (κ3) is 4.45. The predicted octanol–water partition coefficient (Wildman–Crippen LogP) is 3.21. The lowest BCUT2D eigenvalue weighted by atomic mass is 10.0. The van der Waals surface area contributed by atoms with E-state index in [-0.39, 0.29) is 17.9 Å². The molecule has 0 saturated carbocycles. The zero-order valence-electron chi connectivity index (χ0n) is 15.0. The van der Waals surface area contributed by atoms with E-state index in [0.29, 0.717) is 18.7 Å². The maximum absolute atomic E-state index is 12.7. The molecule has 2 aromatic rings. The first kappa shape index (κ1) is 18.2. The van der Waals surface area contributed by atoms with Crippen molar-refractivity contribution in [3.8, 4) is 0 Å². The second kappa shape index (κ2) is 8.64. The standard InChI is InChI=1S/C19H27N3O2/c1-5-16(13-24-4)21-19(23)17-11-20-22(18(17)14(2)3)12-15-9-7-6-8-10-15/h6-11,14,16H,5,12-13H2,1-4H3,(H,21,23). The smallest absolute Gasteiger partial charge is 0.255 e. The minimum Gasteiger partial charge on any atom is -0.383 e. The fraction of sp³-hybridized carbons (Fsp3) is 0.474. The fourth-order valence-electron chi connectivity index (χ4n) is 2.79. The normalized spacial score (nSPS) is 12.4. The number of carbonyl (C=O) groups excluding carboxylic acids is 1. The van der Waals surface area contributed by atoms with Gasteiger partial charge in [-0.3, -0.25) is 9.48 Å². The van der Waals surface area contributed by atoms with E-state index < -0.39 is 0 Å². The minimum absolute atomic E-state index is 0.0139. The Morgan fingerprint density at radius 1 is 1.29 bits per heavy atom. The summed E-state index contributed by atoms with van der Waals surface area (Å²) in [5, 5.41) is 7.50. The largest absolute Gasteiger partial charge is 0.383 e. The predicted molar refractivity (Wildman–Crippen MR) is 95.3 cm³/mol. The number of aromatic nitrogens is 2. The van der Waals surface area contributed by atoms with E-state index in [1.54, 1.807) is 13.3 Å². The first-order valence-corrected chi connectivity index (χ1v) is 8.46. The van der Waals surface area contributed by atoms with Crippen LogP contribution in [0.1, 0.15) is 54.7 Å². The van der Waals surface area contributed by atoms with E-state index in [1.807, 2.05) is 29.8 Å². The molecule has 1 heterocycles. The minimum atomic E-state index is -0.0816. The van der Waals surface area contributed by atoms with Crippen LogP contribution in [0.3, 0.4) is 0 Å². The van der Waals surface area contributed by atoms with Crippen molar-refractivity contribution in [3.05, 3.63) is 53.3 Å². The van der Waals surface area contributed by atoms with Gasteiger partial charge < -0.3 is 10.1 Å². The van der Waals surface area contributed by atoms with Crippen molar-refractivity contribution < 1.29 is 9.53 Å². The summed E-state index contributed by atoms with van der Waals surface area (Å²) in [6, 6.07) is 10.2. The molecule has 0 spiro atoms. The van der Waals surface area contributed by atoms with Crippen molar-refractivity contribution in [2.45, 2.75) is 45.7 Å². The summed E-state index contributed by atoms with van der Waals surface area (Å²) in [4.78, 5) is 12.7. The Morgan fingerprint density at radius 3 is 2.58 bits per heavy atom. The van der Waals surface area contributed by atoms with E-state index >= 15 is 0 Å². The lowest BCUT2D eigenvalue weighted by molar-refractivity contribution is 0.0893.